The van der Waals surface area contributed by atoms with Crippen molar-refractivity contribution in [3.63, 3.8) is 0 Å². The molecule has 1 amide bonds. The number of nitrogens with zero attached hydrogens (tertiary/aromatic N) is 1. The van der Waals surface area contributed by atoms with Gasteiger partial charge in [0.15, 0.2) is 6.04 Å². The number of nitrogens with one attached hydrogen (secondary N) is 1. The molecule has 0 saturated heterocycles. The number of anilines is 1. The van der Waals surface area contributed by atoms with Crippen molar-refractivity contribution in [2.45, 2.75) is 38.3 Å². The Morgan fingerprint density at radius 3 is 2.61 bits per heavy atom. The third-order valence-corrected chi connectivity index (χ3v) is 5.89. The molecule has 2 atom stereocenters. The summed E-state index contributed by atoms with van der Waals surface area (Å²) in [6, 6.07) is 22.5. The highest BCUT2D eigenvalue weighted by Gasteiger charge is 2.32. The van der Waals surface area contributed by atoms with Crippen molar-refractivity contribution < 1.29 is 15.0 Å². The van der Waals surface area contributed by atoms with Gasteiger partial charge in [-0.2, -0.15) is 0 Å². The summed E-state index contributed by atoms with van der Waals surface area (Å²) in [6.45, 7) is 1.79. The number of nitro groups is 1. The largest absolute Gasteiger partial charge is 0.326 e. The molecule has 1 aliphatic rings. The summed E-state index contributed by atoms with van der Waals surface area (Å²) in [6.07, 6.45) is 3.11. The monoisotopic (exact) mass is 416 g/mol. The topological polar surface area (TPSA) is 88.8 Å². The summed E-state index contributed by atoms with van der Waals surface area (Å²) in [4.78, 5) is 24.4. The second-order valence-corrected chi connectivity index (χ2v) is 8.05. The van der Waals surface area contributed by atoms with E-state index >= 15 is 0 Å². The number of carbonyl (C=O) groups is 1. The quantitative estimate of drug-likeness (QED) is 0.466. The molecule has 0 aliphatic heterocycles. The lowest BCUT2D eigenvalue weighted by atomic mass is 9.87. The van der Waals surface area contributed by atoms with E-state index in [0.717, 1.165) is 30.4 Å². The van der Waals surface area contributed by atoms with Gasteiger partial charge in [-0.3, -0.25) is 14.9 Å². The Bertz CT molecular complexity index is 1100. The molecule has 6 heteroatoms. The Hall–Kier alpha value is -3.51. The minimum Gasteiger partial charge on any atom is -0.326 e. The maximum Gasteiger partial charge on any atom is 0.293 e. The predicted molar refractivity (Wildman–Crippen MR) is 120 cm³/mol. The first-order valence-corrected chi connectivity index (χ1v) is 10.6. The van der Waals surface area contributed by atoms with Crippen LogP contribution in [0.2, 0.25) is 0 Å². The Labute approximate surface area is 181 Å². The Balaban J connectivity index is 1.64. The van der Waals surface area contributed by atoms with E-state index in [1.165, 1.54) is 17.2 Å². The van der Waals surface area contributed by atoms with Crippen molar-refractivity contribution in [3.05, 3.63) is 105 Å². The van der Waals surface area contributed by atoms with Crippen LogP contribution in [-0.2, 0) is 11.2 Å². The van der Waals surface area contributed by atoms with Gasteiger partial charge in [-0.15, -0.1) is 0 Å². The molecular weight excluding hydrogens is 390 g/mol. The lowest BCUT2D eigenvalue weighted by Crippen LogP contribution is -2.88. The molecule has 0 saturated carbocycles. The second kappa shape index (κ2) is 9.10. The van der Waals surface area contributed by atoms with E-state index < -0.39 is 11.0 Å². The summed E-state index contributed by atoms with van der Waals surface area (Å²) in [5.74, 6) is -0.263. The lowest BCUT2D eigenvalue weighted by molar-refractivity contribution is -0.723. The number of carbonyl (C=O) groups excluding carboxylic acids is 1. The van der Waals surface area contributed by atoms with Gasteiger partial charge in [0.1, 0.15) is 11.7 Å². The molecule has 0 aromatic heterocycles. The molecule has 1 aliphatic carbocycles. The van der Waals surface area contributed by atoms with Gasteiger partial charge in [-0.1, -0.05) is 60.7 Å². The van der Waals surface area contributed by atoms with Gasteiger partial charge in [0, 0.05) is 23.6 Å². The normalized spacial score (nSPS) is 16.2. The number of amides is 1. The van der Waals surface area contributed by atoms with Crippen molar-refractivity contribution in [1.29, 1.82) is 0 Å². The minimum absolute atomic E-state index is 0.0943. The molecule has 3 N–H and O–H groups in total. The molecule has 3 aromatic rings. The van der Waals surface area contributed by atoms with Gasteiger partial charge in [0.05, 0.1) is 4.92 Å². The molecule has 0 spiro atoms. The summed E-state index contributed by atoms with van der Waals surface area (Å²) < 4.78 is 0. The fourth-order valence-corrected chi connectivity index (χ4v) is 4.34. The summed E-state index contributed by atoms with van der Waals surface area (Å²) >= 11 is 0. The van der Waals surface area contributed by atoms with Gasteiger partial charge in [-0.25, -0.2) is 0 Å². The number of aryl methyl sites for hydroxylation is 2. The third kappa shape index (κ3) is 4.64. The van der Waals surface area contributed by atoms with Gasteiger partial charge in [0.25, 0.3) is 11.6 Å². The summed E-state index contributed by atoms with van der Waals surface area (Å²) in [5.41, 5.74) is 4.37. The first kappa shape index (κ1) is 20.8. The molecule has 31 heavy (non-hydrogen) atoms. The first-order chi connectivity index (χ1) is 15.0. The minimum atomic E-state index is -0.515. The van der Waals surface area contributed by atoms with Crippen molar-refractivity contribution in [2.75, 3.05) is 5.32 Å². The molecule has 0 fully saturated rings. The van der Waals surface area contributed by atoms with Crippen LogP contribution in [0.4, 0.5) is 11.4 Å². The fraction of sp³-hybridized carbons (Fsp3) is 0.240. The van der Waals surface area contributed by atoms with Crippen LogP contribution in [0, 0.1) is 17.0 Å². The van der Waals surface area contributed by atoms with E-state index in [0.29, 0.717) is 0 Å². The van der Waals surface area contributed by atoms with Crippen LogP contribution in [0.5, 0.6) is 0 Å². The van der Waals surface area contributed by atoms with E-state index in [-0.39, 0.29) is 23.3 Å². The molecule has 0 heterocycles. The van der Waals surface area contributed by atoms with Crippen LogP contribution in [-0.4, -0.2) is 10.8 Å². The number of benzene rings is 3. The molecule has 6 nitrogen and oxygen atoms in total. The molecule has 158 valence electrons. The third-order valence-electron chi connectivity index (χ3n) is 5.89. The van der Waals surface area contributed by atoms with Gasteiger partial charge < -0.3 is 10.6 Å². The molecule has 3 aromatic carbocycles. The first-order valence-electron chi connectivity index (χ1n) is 10.6. The fourth-order valence-electron chi connectivity index (χ4n) is 4.34. The number of nitro benzene ring substituents is 1. The zero-order valence-corrected chi connectivity index (χ0v) is 17.5. The van der Waals surface area contributed by atoms with Crippen LogP contribution in [0.3, 0.4) is 0 Å². The number of hydrogen-bond donors (Lipinski definition) is 2. The van der Waals surface area contributed by atoms with E-state index in [1.54, 1.807) is 19.1 Å². The van der Waals surface area contributed by atoms with Crippen LogP contribution in [0.15, 0.2) is 72.8 Å². The Morgan fingerprint density at radius 1 is 1.10 bits per heavy atom. The average Bonchev–Trinajstić information content (AvgIpc) is 2.79. The SMILES string of the molecule is Cc1ccc(NC(=O)[C@H]([NH2+][C@H]2CCCc3ccccc32)c2ccccc2)c([N+](=O)[O-])c1. The van der Waals surface area contributed by atoms with E-state index in [2.05, 4.69) is 28.8 Å². The van der Waals surface area contributed by atoms with Gasteiger partial charge in [-0.05, 0) is 37.0 Å². The van der Waals surface area contributed by atoms with Crippen molar-refractivity contribution in [3.8, 4) is 0 Å². The number of nitrogens with two attached hydrogens (primary N) is 1. The van der Waals surface area contributed by atoms with Crippen LogP contribution in [0.1, 0.15) is 47.2 Å². The highest BCUT2D eigenvalue weighted by Crippen LogP contribution is 2.29. The van der Waals surface area contributed by atoms with Crippen LogP contribution >= 0.6 is 0 Å². The number of rotatable bonds is 6. The van der Waals surface area contributed by atoms with Crippen molar-refractivity contribution in [1.82, 2.24) is 0 Å². The molecular formula is C25H26N3O3+. The molecule has 4 rings (SSSR count). The maximum absolute atomic E-state index is 13.4. The molecule has 0 bridgehead atoms. The smallest absolute Gasteiger partial charge is 0.293 e. The second-order valence-electron chi connectivity index (χ2n) is 8.05. The van der Waals surface area contributed by atoms with Crippen molar-refractivity contribution >= 4 is 17.3 Å². The number of fused-ring (bicyclic) bond motifs is 1. The zero-order chi connectivity index (χ0) is 21.8. The van der Waals surface area contributed by atoms with E-state index in [9.17, 15) is 14.9 Å². The Kier molecular flexibility index (Phi) is 6.09. The van der Waals surface area contributed by atoms with Crippen molar-refractivity contribution in [2.24, 2.45) is 0 Å². The van der Waals surface area contributed by atoms with Gasteiger partial charge >= 0.3 is 0 Å². The highest BCUT2D eigenvalue weighted by atomic mass is 16.6. The number of hydrogen-bond acceptors (Lipinski definition) is 3. The zero-order valence-electron chi connectivity index (χ0n) is 17.5. The maximum atomic E-state index is 13.4. The molecule has 0 radical (unpaired) electrons. The standard InChI is InChI=1S/C25H25N3O3/c1-17-14-15-22(23(16-17)28(30)31)27-25(29)24(19-9-3-2-4-10-19)26-21-13-7-11-18-8-5-6-12-20(18)21/h2-6,8-10,12,14-16,21,24,26H,7,11,13H2,1H3,(H,27,29)/p+1/t21-,24+/m0/s1. The lowest BCUT2D eigenvalue weighted by Gasteiger charge is -2.27. The predicted octanol–water partition coefficient (Wildman–Crippen LogP) is 4.22. The number of quaternary nitrogens is 1. The van der Waals surface area contributed by atoms with E-state index in [1.807, 2.05) is 36.4 Å². The highest BCUT2D eigenvalue weighted by molar-refractivity contribution is 5.96. The molecule has 0 unspecified atom stereocenters. The summed E-state index contributed by atoms with van der Waals surface area (Å²) in [7, 11) is 0. The van der Waals surface area contributed by atoms with E-state index in [4.69, 9.17) is 0 Å². The average molecular weight is 417 g/mol. The Morgan fingerprint density at radius 2 is 1.84 bits per heavy atom. The van der Waals surface area contributed by atoms with Gasteiger partial charge in [0.2, 0.25) is 0 Å². The van der Waals surface area contributed by atoms with Crippen LogP contribution < -0.4 is 10.6 Å². The summed E-state index contributed by atoms with van der Waals surface area (Å²) in [5, 5.41) is 16.4. The van der Waals surface area contributed by atoms with Crippen LogP contribution in [0.25, 0.3) is 0 Å².